The summed E-state index contributed by atoms with van der Waals surface area (Å²) in [5.74, 6) is 0. The van der Waals surface area contributed by atoms with E-state index in [-0.39, 0.29) is 0 Å². The predicted octanol–water partition coefficient (Wildman–Crippen LogP) is 6.74. The summed E-state index contributed by atoms with van der Waals surface area (Å²) in [5, 5.41) is 1.27. The van der Waals surface area contributed by atoms with Crippen molar-refractivity contribution in [1.29, 1.82) is 0 Å². The fourth-order valence-electron chi connectivity index (χ4n) is 2.91. The normalized spacial score (nSPS) is 17.4. The molecule has 0 N–H and O–H groups in total. The highest BCUT2D eigenvalue weighted by Gasteiger charge is 2.32. The monoisotopic (exact) mass is 403 g/mol. The molecule has 125 valence electrons. The summed E-state index contributed by atoms with van der Waals surface area (Å²) in [4.78, 5) is 5.04. The van der Waals surface area contributed by atoms with Crippen LogP contribution in [0.15, 0.2) is 58.6 Å². The van der Waals surface area contributed by atoms with Gasteiger partial charge in [-0.1, -0.05) is 23.2 Å². The Morgan fingerprint density at radius 2 is 1.24 bits per heavy atom. The first kappa shape index (κ1) is 17.0. The zero-order valence-corrected chi connectivity index (χ0v) is 16.9. The van der Waals surface area contributed by atoms with Crippen molar-refractivity contribution in [2.75, 3.05) is 0 Å². The molecule has 25 heavy (non-hydrogen) atoms. The molecule has 1 nitrogen and oxygen atoms in total. The minimum absolute atomic E-state index is 0.637. The number of rotatable bonds is 2. The fraction of sp³-hybridized carbons (Fsp3) is 0.100. The molecule has 2 aromatic heterocycles. The van der Waals surface area contributed by atoms with Crippen LogP contribution in [-0.4, -0.2) is 10.3 Å². The summed E-state index contributed by atoms with van der Waals surface area (Å²) >= 11 is 16.1. The minimum atomic E-state index is 0.637. The van der Waals surface area contributed by atoms with Gasteiger partial charge in [-0.25, -0.2) is 0 Å². The molecule has 0 unspecified atom stereocenters. The highest BCUT2D eigenvalue weighted by atomic mass is 35.5. The Morgan fingerprint density at radius 1 is 0.760 bits per heavy atom. The van der Waals surface area contributed by atoms with Gasteiger partial charge in [0.15, 0.2) is 0 Å². The van der Waals surface area contributed by atoms with E-state index in [0.29, 0.717) is 10.1 Å². The standard InChI is InChI=1S/C20H15Cl2NS2/c1-12-3-7-19(24-12)17-5-6-18(20-8-4-13(2)25-20)23(17)16-10-14(21)9-15(22)11-16/h3-11H,1-2H3/q+1. The molecule has 0 atom stereocenters. The van der Waals surface area contributed by atoms with Gasteiger partial charge >= 0.3 is 0 Å². The molecule has 1 aliphatic heterocycles. The van der Waals surface area contributed by atoms with Crippen molar-refractivity contribution in [2.45, 2.75) is 13.8 Å². The van der Waals surface area contributed by atoms with Gasteiger partial charge in [0.25, 0.3) is 0 Å². The molecule has 1 aliphatic carbocycles. The second-order valence-electron chi connectivity index (χ2n) is 5.89. The topological polar surface area (TPSA) is 3.01 Å². The van der Waals surface area contributed by atoms with Gasteiger partial charge in [0.2, 0.25) is 17.1 Å². The van der Waals surface area contributed by atoms with Crippen molar-refractivity contribution in [3.8, 4) is 0 Å². The molecule has 0 fully saturated rings. The first-order valence-corrected chi connectivity index (χ1v) is 10.2. The average molecular weight is 404 g/mol. The lowest BCUT2D eigenvalue weighted by Crippen LogP contribution is -2.16. The first-order valence-electron chi connectivity index (χ1n) is 7.83. The molecule has 3 heterocycles. The largest absolute Gasteiger partial charge is 0.229 e. The lowest BCUT2D eigenvalue weighted by atomic mass is 10.1. The van der Waals surface area contributed by atoms with Crippen LogP contribution in [0, 0.1) is 20.3 Å². The molecule has 0 spiro atoms. The highest BCUT2D eigenvalue weighted by Crippen LogP contribution is 2.37. The number of nitrogens with zero attached hydrogens (tertiary/aromatic N) is 1. The Hall–Kier alpha value is -1.39. The fourth-order valence-corrected chi connectivity index (χ4v) is 5.19. The molecule has 2 aromatic rings. The van der Waals surface area contributed by atoms with Crippen LogP contribution in [0.2, 0.25) is 0 Å². The number of halogens is 2. The molecule has 2 aliphatic rings. The van der Waals surface area contributed by atoms with Crippen LogP contribution in [0.4, 0.5) is 0 Å². The molecule has 0 aromatic carbocycles. The quantitative estimate of drug-likeness (QED) is 0.488. The van der Waals surface area contributed by atoms with Crippen LogP contribution in [-0.2, 0) is 0 Å². The Morgan fingerprint density at radius 3 is 1.64 bits per heavy atom. The van der Waals surface area contributed by atoms with Crippen LogP contribution >= 0.6 is 45.9 Å². The van der Waals surface area contributed by atoms with Gasteiger partial charge in [0.05, 0.1) is 9.75 Å². The lowest BCUT2D eigenvalue weighted by Gasteiger charge is -2.09. The van der Waals surface area contributed by atoms with Crippen molar-refractivity contribution < 1.29 is 4.58 Å². The number of hydrogen-bond donors (Lipinski definition) is 0. The Labute approximate surface area is 165 Å². The molecule has 0 saturated carbocycles. The van der Waals surface area contributed by atoms with Crippen LogP contribution in [0.25, 0.3) is 11.4 Å². The van der Waals surface area contributed by atoms with Gasteiger partial charge in [-0.15, -0.1) is 22.7 Å². The van der Waals surface area contributed by atoms with Crippen LogP contribution in [0.1, 0.15) is 19.5 Å². The van der Waals surface area contributed by atoms with Crippen LogP contribution < -0.4 is 0 Å². The van der Waals surface area contributed by atoms with E-state index in [1.165, 1.54) is 19.5 Å². The predicted molar refractivity (Wildman–Crippen MR) is 112 cm³/mol. The summed E-state index contributed by atoms with van der Waals surface area (Å²) < 4.78 is 2.24. The molecule has 5 heteroatoms. The van der Waals surface area contributed by atoms with Crippen molar-refractivity contribution >= 4 is 63.0 Å². The zero-order chi connectivity index (χ0) is 17.6. The number of hydrogen-bond acceptors (Lipinski definition) is 2. The summed E-state index contributed by atoms with van der Waals surface area (Å²) in [5.41, 5.74) is 3.28. The number of allylic oxidation sites excluding steroid dienone is 6. The molecule has 0 amide bonds. The first-order chi connectivity index (χ1) is 12.0. The van der Waals surface area contributed by atoms with Gasteiger partial charge in [-0.05, 0) is 38.1 Å². The minimum Gasteiger partial charge on any atom is -0.151 e. The third kappa shape index (κ3) is 3.34. The average Bonchev–Trinajstić information content (AvgIpc) is 3.24. The summed E-state index contributed by atoms with van der Waals surface area (Å²) in [7, 11) is 0. The maximum absolute atomic E-state index is 6.28. The molecule has 0 bridgehead atoms. The van der Waals surface area contributed by atoms with E-state index in [1.54, 1.807) is 29.1 Å². The highest BCUT2D eigenvalue weighted by molar-refractivity contribution is 7.13. The number of aryl methyl sites for hydroxylation is 2. The van der Waals surface area contributed by atoms with Gasteiger partial charge in [0.1, 0.15) is 0 Å². The lowest BCUT2D eigenvalue weighted by molar-refractivity contribution is -0.316. The van der Waals surface area contributed by atoms with Crippen molar-refractivity contribution in [1.82, 2.24) is 0 Å². The molecule has 0 saturated heterocycles. The van der Waals surface area contributed by atoms with Crippen molar-refractivity contribution in [3.05, 3.63) is 84.6 Å². The van der Waals surface area contributed by atoms with E-state index < -0.39 is 0 Å². The van der Waals surface area contributed by atoms with Gasteiger partial charge < -0.3 is 0 Å². The SMILES string of the molecule is Cc1ccc(C2=CC=C(c3ccc(C)s3)[N+]2=C2C=C(Cl)[CH]C(Cl)=C2)s1. The van der Waals surface area contributed by atoms with Crippen molar-refractivity contribution in [2.24, 2.45) is 0 Å². The van der Waals surface area contributed by atoms with Gasteiger partial charge in [-0.2, -0.15) is 4.58 Å². The molecule has 1 radical (unpaired) electrons. The van der Waals surface area contributed by atoms with E-state index in [9.17, 15) is 0 Å². The number of thiophene rings is 2. The second kappa shape index (κ2) is 6.73. The Bertz CT molecular complexity index is 934. The van der Waals surface area contributed by atoms with E-state index >= 15 is 0 Å². The molecule has 4 rings (SSSR count). The second-order valence-corrected chi connectivity index (χ2v) is 9.34. The van der Waals surface area contributed by atoms with E-state index in [0.717, 1.165) is 17.1 Å². The van der Waals surface area contributed by atoms with Gasteiger partial charge in [-0.3, -0.25) is 0 Å². The van der Waals surface area contributed by atoms with E-state index in [1.807, 2.05) is 12.2 Å². The third-order valence-corrected chi connectivity index (χ3v) is 6.45. The summed E-state index contributed by atoms with van der Waals surface area (Å²) in [6, 6.07) is 8.64. The maximum atomic E-state index is 6.28. The summed E-state index contributed by atoms with van der Waals surface area (Å²) in [6.07, 6.45) is 10.0. The van der Waals surface area contributed by atoms with E-state index in [4.69, 9.17) is 23.2 Å². The van der Waals surface area contributed by atoms with Gasteiger partial charge in [0, 0.05) is 50.5 Å². The maximum Gasteiger partial charge on any atom is 0.229 e. The molecular weight excluding hydrogens is 389 g/mol. The van der Waals surface area contributed by atoms with Crippen LogP contribution in [0.3, 0.4) is 0 Å². The zero-order valence-electron chi connectivity index (χ0n) is 13.7. The summed E-state index contributed by atoms with van der Waals surface area (Å²) in [6.45, 7) is 4.25. The Balaban J connectivity index is 1.90. The molecular formula is C20H15Cl2NS2+. The Kier molecular flexibility index (Phi) is 4.59. The third-order valence-electron chi connectivity index (χ3n) is 3.97. The van der Waals surface area contributed by atoms with Crippen LogP contribution in [0.5, 0.6) is 0 Å². The van der Waals surface area contributed by atoms with E-state index in [2.05, 4.69) is 54.8 Å². The van der Waals surface area contributed by atoms with Crippen molar-refractivity contribution in [3.63, 3.8) is 0 Å². The smallest absolute Gasteiger partial charge is 0.151 e.